The van der Waals surface area contributed by atoms with Gasteiger partial charge in [-0.15, -0.1) is 0 Å². The highest BCUT2D eigenvalue weighted by atomic mass is 79.9. The maximum Gasteiger partial charge on any atom is 0.238 e. The van der Waals surface area contributed by atoms with Gasteiger partial charge in [0.2, 0.25) is 5.91 Å². The number of carbonyl (C=O) groups is 1. The van der Waals surface area contributed by atoms with Gasteiger partial charge in [-0.3, -0.25) is 9.69 Å². The standard InChI is InChI=1S/C13H18Br2N2O2/c1-8-4-10(14)13(11(15)5-8)16-12(19)7-17(3)6-9(2)18/h4-5,9,18H,6-7H2,1-3H3,(H,16,19). The molecule has 1 aromatic carbocycles. The number of nitrogens with one attached hydrogen (secondary N) is 1. The average Bonchev–Trinajstić information content (AvgIpc) is 2.21. The fraction of sp³-hybridized carbons (Fsp3) is 0.462. The van der Waals surface area contributed by atoms with E-state index in [9.17, 15) is 9.90 Å². The van der Waals surface area contributed by atoms with Crippen molar-refractivity contribution in [2.75, 3.05) is 25.5 Å². The van der Waals surface area contributed by atoms with Crippen LogP contribution in [0.1, 0.15) is 12.5 Å². The van der Waals surface area contributed by atoms with Gasteiger partial charge in [0.05, 0.1) is 18.3 Å². The minimum Gasteiger partial charge on any atom is -0.392 e. The fourth-order valence-corrected chi connectivity index (χ4v) is 3.37. The summed E-state index contributed by atoms with van der Waals surface area (Å²) in [5.74, 6) is -0.117. The Hall–Kier alpha value is -0.430. The summed E-state index contributed by atoms with van der Waals surface area (Å²) >= 11 is 6.87. The molecule has 4 nitrogen and oxygen atoms in total. The van der Waals surface area contributed by atoms with Crippen LogP contribution in [0.3, 0.4) is 0 Å². The molecule has 106 valence electrons. The third kappa shape index (κ3) is 5.60. The molecule has 19 heavy (non-hydrogen) atoms. The van der Waals surface area contributed by atoms with Crippen molar-refractivity contribution in [3.63, 3.8) is 0 Å². The molecule has 0 aliphatic carbocycles. The van der Waals surface area contributed by atoms with Crippen molar-refractivity contribution in [3.05, 3.63) is 26.6 Å². The van der Waals surface area contributed by atoms with Gasteiger partial charge in [-0.25, -0.2) is 0 Å². The van der Waals surface area contributed by atoms with E-state index in [1.807, 2.05) is 19.1 Å². The van der Waals surface area contributed by atoms with Crippen molar-refractivity contribution in [1.82, 2.24) is 4.90 Å². The highest BCUT2D eigenvalue weighted by Gasteiger charge is 2.12. The van der Waals surface area contributed by atoms with E-state index in [4.69, 9.17) is 0 Å². The zero-order valence-electron chi connectivity index (χ0n) is 11.2. The maximum atomic E-state index is 11.9. The molecule has 1 rings (SSSR count). The lowest BCUT2D eigenvalue weighted by atomic mass is 10.2. The van der Waals surface area contributed by atoms with Crippen LogP contribution in [-0.4, -0.2) is 42.2 Å². The summed E-state index contributed by atoms with van der Waals surface area (Å²) in [6.45, 7) is 4.38. The van der Waals surface area contributed by atoms with Crippen LogP contribution in [0.2, 0.25) is 0 Å². The number of aliphatic hydroxyl groups excluding tert-OH is 1. The number of hydrogen-bond acceptors (Lipinski definition) is 3. The largest absolute Gasteiger partial charge is 0.392 e. The van der Waals surface area contributed by atoms with Gasteiger partial charge >= 0.3 is 0 Å². The molecule has 0 radical (unpaired) electrons. The minimum atomic E-state index is -0.448. The summed E-state index contributed by atoms with van der Waals surface area (Å²) in [6, 6.07) is 3.89. The van der Waals surface area contributed by atoms with Crippen molar-refractivity contribution in [2.24, 2.45) is 0 Å². The van der Waals surface area contributed by atoms with E-state index in [1.165, 1.54) is 0 Å². The van der Waals surface area contributed by atoms with Crippen LogP contribution in [-0.2, 0) is 4.79 Å². The number of nitrogens with zero attached hydrogens (tertiary/aromatic N) is 1. The Bertz CT molecular complexity index is 441. The number of benzene rings is 1. The van der Waals surface area contributed by atoms with Gasteiger partial charge in [-0.1, -0.05) is 0 Å². The fourth-order valence-electron chi connectivity index (χ4n) is 1.76. The lowest BCUT2D eigenvalue weighted by molar-refractivity contribution is -0.117. The Morgan fingerprint density at radius 1 is 1.42 bits per heavy atom. The number of halogens is 2. The van der Waals surface area contributed by atoms with Crippen molar-refractivity contribution in [3.8, 4) is 0 Å². The van der Waals surface area contributed by atoms with E-state index in [0.29, 0.717) is 6.54 Å². The van der Waals surface area contributed by atoms with Crippen molar-refractivity contribution >= 4 is 43.5 Å². The Balaban J connectivity index is 2.67. The smallest absolute Gasteiger partial charge is 0.238 e. The third-order valence-electron chi connectivity index (χ3n) is 2.44. The van der Waals surface area contributed by atoms with E-state index in [2.05, 4.69) is 37.2 Å². The molecule has 0 fully saturated rings. The number of likely N-dealkylation sites (N-methyl/N-ethyl adjacent to an activating group) is 1. The van der Waals surface area contributed by atoms with Crippen LogP contribution in [0.5, 0.6) is 0 Å². The molecule has 0 aliphatic heterocycles. The number of aryl methyl sites for hydroxylation is 1. The summed E-state index contributed by atoms with van der Waals surface area (Å²) in [5, 5.41) is 12.1. The average molecular weight is 394 g/mol. The summed E-state index contributed by atoms with van der Waals surface area (Å²) in [5.41, 5.74) is 1.82. The van der Waals surface area contributed by atoms with E-state index >= 15 is 0 Å². The van der Waals surface area contributed by atoms with E-state index in [-0.39, 0.29) is 12.5 Å². The molecule has 6 heteroatoms. The zero-order valence-corrected chi connectivity index (χ0v) is 14.4. The normalized spacial score (nSPS) is 12.6. The van der Waals surface area contributed by atoms with Crippen LogP contribution in [0.25, 0.3) is 0 Å². The molecule has 0 spiro atoms. The second kappa shape index (κ2) is 7.38. The third-order valence-corrected chi connectivity index (χ3v) is 3.69. The lowest BCUT2D eigenvalue weighted by Crippen LogP contribution is -2.34. The van der Waals surface area contributed by atoms with Gasteiger partial charge < -0.3 is 10.4 Å². The number of amides is 1. The molecule has 0 saturated heterocycles. The first-order chi connectivity index (χ1) is 8.79. The van der Waals surface area contributed by atoms with Crippen molar-refractivity contribution in [1.29, 1.82) is 0 Å². The number of carbonyl (C=O) groups excluding carboxylic acids is 1. The van der Waals surface area contributed by atoms with Gasteiger partial charge in [0.1, 0.15) is 0 Å². The monoisotopic (exact) mass is 392 g/mol. The number of aliphatic hydroxyl groups is 1. The first-order valence-electron chi connectivity index (χ1n) is 5.91. The summed E-state index contributed by atoms with van der Waals surface area (Å²) in [6.07, 6.45) is -0.448. The molecular formula is C13H18Br2N2O2. The Labute approximate surface area is 130 Å². The number of anilines is 1. The van der Waals surface area contributed by atoms with Crippen molar-refractivity contribution in [2.45, 2.75) is 20.0 Å². The number of rotatable bonds is 5. The van der Waals surface area contributed by atoms with Gasteiger partial charge in [-0.05, 0) is 70.5 Å². The number of hydrogen-bond donors (Lipinski definition) is 2. The van der Waals surface area contributed by atoms with Crippen LogP contribution in [0, 0.1) is 6.92 Å². The zero-order chi connectivity index (χ0) is 14.6. The van der Waals surface area contributed by atoms with Gasteiger partial charge in [0.15, 0.2) is 0 Å². The molecule has 0 heterocycles. The Morgan fingerprint density at radius 3 is 2.42 bits per heavy atom. The maximum absolute atomic E-state index is 11.9. The minimum absolute atomic E-state index is 0.117. The van der Waals surface area contributed by atoms with Crippen LogP contribution >= 0.6 is 31.9 Å². The molecule has 1 aromatic rings. The van der Waals surface area contributed by atoms with E-state index < -0.39 is 6.10 Å². The SMILES string of the molecule is Cc1cc(Br)c(NC(=O)CN(C)CC(C)O)c(Br)c1. The molecule has 0 aliphatic rings. The molecule has 0 saturated carbocycles. The van der Waals surface area contributed by atoms with Gasteiger partial charge in [0.25, 0.3) is 0 Å². The molecule has 2 N–H and O–H groups in total. The second-order valence-electron chi connectivity index (χ2n) is 4.70. The van der Waals surface area contributed by atoms with Crippen LogP contribution in [0.15, 0.2) is 21.1 Å². The van der Waals surface area contributed by atoms with E-state index in [0.717, 1.165) is 20.2 Å². The summed E-state index contributed by atoms with van der Waals surface area (Å²) in [7, 11) is 1.80. The Kier molecular flexibility index (Phi) is 6.46. The van der Waals surface area contributed by atoms with E-state index in [1.54, 1.807) is 18.9 Å². The van der Waals surface area contributed by atoms with Gasteiger partial charge in [-0.2, -0.15) is 0 Å². The molecule has 1 amide bonds. The second-order valence-corrected chi connectivity index (χ2v) is 6.41. The molecular weight excluding hydrogens is 376 g/mol. The van der Waals surface area contributed by atoms with Gasteiger partial charge in [0, 0.05) is 15.5 Å². The van der Waals surface area contributed by atoms with Crippen LogP contribution < -0.4 is 5.32 Å². The quantitative estimate of drug-likeness (QED) is 0.808. The Morgan fingerprint density at radius 2 is 1.95 bits per heavy atom. The summed E-state index contributed by atoms with van der Waals surface area (Å²) < 4.78 is 1.68. The summed E-state index contributed by atoms with van der Waals surface area (Å²) in [4.78, 5) is 13.7. The topological polar surface area (TPSA) is 52.6 Å². The molecule has 0 bridgehead atoms. The van der Waals surface area contributed by atoms with Crippen molar-refractivity contribution < 1.29 is 9.90 Å². The predicted molar refractivity (Wildman–Crippen MR) is 84.4 cm³/mol. The highest BCUT2D eigenvalue weighted by Crippen LogP contribution is 2.32. The highest BCUT2D eigenvalue weighted by molar-refractivity contribution is 9.11. The molecule has 1 atom stereocenters. The molecule has 0 aromatic heterocycles. The predicted octanol–water partition coefficient (Wildman–Crippen LogP) is 2.77. The first kappa shape index (κ1) is 16.6. The molecule has 1 unspecified atom stereocenters. The first-order valence-corrected chi connectivity index (χ1v) is 7.50. The lowest BCUT2D eigenvalue weighted by Gasteiger charge is -2.18. The van der Waals surface area contributed by atoms with Crippen LogP contribution in [0.4, 0.5) is 5.69 Å².